The van der Waals surface area contributed by atoms with Crippen molar-refractivity contribution in [3.63, 3.8) is 0 Å². The normalized spacial score (nSPS) is 20.5. The second-order valence-electron chi connectivity index (χ2n) is 3.05. The number of nitrogens with zero attached hydrogens (tertiary/aromatic N) is 2. The summed E-state index contributed by atoms with van der Waals surface area (Å²) in [5.41, 5.74) is 2.21. The van der Waals surface area contributed by atoms with Crippen LogP contribution >= 0.6 is 22.9 Å². The molecule has 0 aromatic rings. The Balaban J connectivity index is 3.08. The molecule has 0 radical (unpaired) electrons. The Kier molecular flexibility index (Phi) is 4.89. The molecule has 2 nitrogen and oxygen atoms in total. The summed E-state index contributed by atoms with van der Waals surface area (Å²) >= 11 is 2.25. The molecule has 0 bridgehead atoms. The fourth-order valence-electron chi connectivity index (χ4n) is 1.38. The SMILES string of the molecule is CC#CC1=CC(=C/CC)/C(=N\CC)N1I. The van der Waals surface area contributed by atoms with E-state index in [1.807, 2.05) is 17.0 Å². The summed E-state index contributed by atoms with van der Waals surface area (Å²) < 4.78 is 2.03. The standard InChI is InChI=1S/C12H15IN2/c1-4-7-10-9-11(8-5-2)15(13)12(10)14-6-3/h7,9H,4,6H2,1-3H3/b10-7-,14-12+. The highest BCUT2D eigenvalue weighted by atomic mass is 127. The van der Waals surface area contributed by atoms with Crippen molar-refractivity contribution in [2.24, 2.45) is 4.99 Å². The van der Waals surface area contributed by atoms with E-state index in [9.17, 15) is 0 Å². The number of hydrogen-bond donors (Lipinski definition) is 0. The minimum atomic E-state index is 0.802. The fourth-order valence-corrected chi connectivity index (χ4v) is 2.07. The molecule has 0 atom stereocenters. The topological polar surface area (TPSA) is 15.6 Å². The van der Waals surface area contributed by atoms with E-state index in [1.165, 1.54) is 5.57 Å². The van der Waals surface area contributed by atoms with Gasteiger partial charge in [0.1, 0.15) is 11.5 Å². The van der Waals surface area contributed by atoms with Crippen LogP contribution in [0.5, 0.6) is 0 Å². The second-order valence-corrected chi connectivity index (χ2v) is 4.02. The molecule has 0 N–H and O–H groups in total. The van der Waals surface area contributed by atoms with Gasteiger partial charge in [-0.05, 0) is 32.3 Å². The van der Waals surface area contributed by atoms with Crippen LogP contribution in [0.15, 0.2) is 28.4 Å². The molecule has 80 valence electrons. The summed E-state index contributed by atoms with van der Waals surface area (Å²) in [5, 5.41) is 0. The molecular weight excluding hydrogens is 299 g/mol. The predicted molar refractivity (Wildman–Crippen MR) is 73.7 cm³/mol. The highest BCUT2D eigenvalue weighted by molar-refractivity contribution is 14.1. The van der Waals surface area contributed by atoms with Crippen LogP contribution in [0.2, 0.25) is 0 Å². The minimum absolute atomic E-state index is 0.802. The van der Waals surface area contributed by atoms with Crippen LogP contribution in [0.4, 0.5) is 0 Å². The van der Waals surface area contributed by atoms with Crippen molar-refractivity contribution in [1.82, 2.24) is 3.11 Å². The highest BCUT2D eigenvalue weighted by Gasteiger charge is 2.22. The first kappa shape index (κ1) is 12.3. The van der Waals surface area contributed by atoms with Crippen LogP contribution in [0.1, 0.15) is 27.2 Å². The quantitative estimate of drug-likeness (QED) is 0.434. The van der Waals surface area contributed by atoms with Gasteiger partial charge in [0.05, 0.1) is 22.9 Å². The Morgan fingerprint density at radius 1 is 1.53 bits per heavy atom. The zero-order valence-electron chi connectivity index (χ0n) is 9.34. The number of amidine groups is 1. The molecule has 0 amide bonds. The molecule has 0 aliphatic carbocycles. The third kappa shape index (κ3) is 2.85. The zero-order chi connectivity index (χ0) is 11.3. The molecule has 0 saturated heterocycles. The molecule has 0 spiro atoms. The van der Waals surface area contributed by atoms with Crippen molar-refractivity contribution in [2.45, 2.75) is 27.2 Å². The van der Waals surface area contributed by atoms with Gasteiger partial charge in [0.2, 0.25) is 0 Å². The van der Waals surface area contributed by atoms with Crippen molar-refractivity contribution >= 4 is 28.7 Å². The Morgan fingerprint density at radius 2 is 2.27 bits per heavy atom. The van der Waals surface area contributed by atoms with Crippen molar-refractivity contribution in [1.29, 1.82) is 0 Å². The highest BCUT2D eigenvalue weighted by Crippen LogP contribution is 2.26. The maximum absolute atomic E-state index is 4.48. The maximum atomic E-state index is 4.48. The maximum Gasteiger partial charge on any atom is 0.144 e. The fraction of sp³-hybridized carbons (Fsp3) is 0.417. The second kappa shape index (κ2) is 5.96. The smallest absolute Gasteiger partial charge is 0.144 e. The summed E-state index contributed by atoms with van der Waals surface area (Å²) in [5.74, 6) is 7.02. The Morgan fingerprint density at radius 3 is 2.80 bits per heavy atom. The van der Waals surface area contributed by atoms with Crippen molar-refractivity contribution in [2.75, 3.05) is 6.54 Å². The summed E-state index contributed by atoms with van der Waals surface area (Å²) in [6.07, 6.45) is 5.30. The molecule has 1 aliphatic heterocycles. The van der Waals surface area contributed by atoms with Crippen LogP contribution in [0, 0.1) is 11.8 Å². The number of allylic oxidation sites excluding steroid dienone is 2. The number of halogens is 1. The molecule has 0 aromatic heterocycles. The molecule has 0 aromatic carbocycles. The third-order valence-electron chi connectivity index (χ3n) is 1.93. The summed E-state index contributed by atoms with van der Waals surface area (Å²) in [6, 6.07) is 0. The lowest BCUT2D eigenvalue weighted by atomic mass is 10.2. The monoisotopic (exact) mass is 314 g/mol. The number of aliphatic imine (C=N–C) groups is 1. The van der Waals surface area contributed by atoms with Gasteiger partial charge in [-0.1, -0.05) is 18.9 Å². The Labute approximate surface area is 106 Å². The van der Waals surface area contributed by atoms with E-state index in [1.54, 1.807) is 0 Å². The molecular formula is C12H15IN2. The van der Waals surface area contributed by atoms with Gasteiger partial charge in [-0.3, -0.25) is 8.11 Å². The Bertz CT molecular complexity index is 380. The molecule has 1 rings (SSSR count). The van der Waals surface area contributed by atoms with Gasteiger partial charge in [-0.2, -0.15) is 0 Å². The van der Waals surface area contributed by atoms with Gasteiger partial charge >= 0.3 is 0 Å². The summed E-state index contributed by atoms with van der Waals surface area (Å²) in [7, 11) is 0. The van der Waals surface area contributed by atoms with Gasteiger partial charge in [0, 0.05) is 12.1 Å². The molecule has 0 unspecified atom stereocenters. The van der Waals surface area contributed by atoms with E-state index in [0.29, 0.717) is 0 Å². The molecule has 0 saturated carbocycles. The largest absolute Gasteiger partial charge is 0.267 e. The van der Waals surface area contributed by atoms with Gasteiger partial charge in [-0.15, -0.1) is 0 Å². The van der Waals surface area contributed by atoms with Crippen molar-refractivity contribution in [3.05, 3.63) is 23.4 Å². The number of hydrogen-bond acceptors (Lipinski definition) is 1. The van der Waals surface area contributed by atoms with Crippen LogP contribution in [0.25, 0.3) is 0 Å². The van der Waals surface area contributed by atoms with Crippen LogP contribution in [0.3, 0.4) is 0 Å². The number of rotatable bonds is 2. The molecule has 15 heavy (non-hydrogen) atoms. The van der Waals surface area contributed by atoms with E-state index >= 15 is 0 Å². The van der Waals surface area contributed by atoms with Crippen LogP contribution in [-0.2, 0) is 0 Å². The van der Waals surface area contributed by atoms with Gasteiger partial charge in [0.15, 0.2) is 0 Å². The lowest BCUT2D eigenvalue weighted by Gasteiger charge is -2.10. The Hall–Kier alpha value is -0.760. The minimum Gasteiger partial charge on any atom is -0.267 e. The average Bonchev–Trinajstić information content (AvgIpc) is 2.49. The molecule has 3 heteroatoms. The first-order valence-corrected chi connectivity index (χ1v) is 6.06. The van der Waals surface area contributed by atoms with E-state index in [2.05, 4.69) is 58.8 Å². The van der Waals surface area contributed by atoms with Crippen LogP contribution < -0.4 is 0 Å². The predicted octanol–water partition coefficient (Wildman–Crippen LogP) is 3.31. The molecule has 0 fully saturated rings. The van der Waals surface area contributed by atoms with E-state index in [-0.39, 0.29) is 0 Å². The van der Waals surface area contributed by atoms with Crippen molar-refractivity contribution in [3.8, 4) is 11.8 Å². The average molecular weight is 314 g/mol. The van der Waals surface area contributed by atoms with E-state index in [0.717, 1.165) is 24.5 Å². The van der Waals surface area contributed by atoms with E-state index in [4.69, 9.17) is 0 Å². The van der Waals surface area contributed by atoms with Crippen LogP contribution in [-0.4, -0.2) is 15.5 Å². The zero-order valence-corrected chi connectivity index (χ0v) is 11.5. The van der Waals surface area contributed by atoms with Gasteiger partial charge < -0.3 is 0 Å². The first-order valence-electron chi connectivity index (χ1n) is 5.09. The van der Waals surface area contributed by atoms with Gasteiger partial charge in [0.25, 0.3) is 0 Å². The molecule has 1 heterocycles. The van der Waals surface area contributed by atoms with Gasteiger partial charge in [-0.25, -0.2) is 0 Å². The van der Waals surface area contributed by atoms with E-state index < -0.39 is 0 Å². The lowest BCUT2D eigenvalue weighted by Crippen LogP contribution is -2.14. The summed E-state index contributed by atoms with van der Waals surface area (Å²) in [6.45, 7) is 6.83. The lowest BCUT2D eigenvalue weighted by molar-refractivity contribution is 0.943. The molecule has 1 aliphatic rings. The van der Waals surface area contributed by atoms with Crippen molar-refractivity contribution < 1.29 is 0 Å². The summed E-state index contributed by atoms with van der Waals surface area (Å²) in [4.78, 5) is 4.48. The third-order valence-corrected chi connectivity index (χ3v) is 2.91. The first-order chi connectivity index (χ1) is 7.24.